The van der Waals surface area contributed by atoms with Gasteiger partial charge in [-0.15, -0.1) is 0 Å². The van der Waals surface area contributed by atoms with Gasteiger partial charge >= 0.3 is 0 Å². The van der Waals surface area contributed by atoms with Crippen LogP contribution in [-0.2, 0) is 6.42 Å². The van der Waals surface area contributed by atoms with Crippen molar-refractivity contribution in [2.24, 2.45) is 0 Å². The molecule has 0 spiro atoms. The summed E-state index contributed by atoms with van der Waals surface area (Å²) in [5.41, 5.74) is 4.10. The Morgan fingerprint density at radius 3 is 2.64 bits per heavy atom. The second-order valence-corrected chi connectivity index (χ2v) is 6.89. The Bertz CT molecular complexity index is 994. The summed E-state index contributed by atoms with van der Waals surface area (Å²) < 4.78 is 5.94. The van der Waals surface area contributed by atoms with Crippen LogP contribution in [0.5, 0.6) is 5.75 Å². The van der Waals surface area contributed by atoms with Gasteiger partial charge in [0.1, 0.15) is 5.75 Å². The number of non-ortho nitro benzene ring substituents is 1. The molecule has 1 aliphatic heterocycles. The van der Waals surface area contributed by atoms with Gasteiger partial charge in [-0.1, -0.05) is 42.5 Å². The first-order chi connectivity index (χ1) is 12.2. The molecule has 25 heavy (non-hydrogen) atoms. The molecule has 1 saturated carbocycles. The fourth-order valence-corrected chi connectivity index (χ4v) is 4.14. The van der Waals surface area contributed by atoms with E-state index in [9.17, 15) is 10.1 Å². The second-order valence-electron chi connectivity index (χ2n) is 6.89. The van der Waals surface area contributed by atoms with E-state index in [1.165, 1.54) is 27.5 Å². The van der Waals surface area contributed by atoms with Gasteiger partial charge in [0.05, 0.1) is 11.5 Å². The highest BCUT2D eigenvalue weighted by Gasteiger charge is 2.42. The summed E-state index contributed by atoms with van der Waals surface area (Å²) in [5.74, 6) is 2.00. The lowest BCUT2D eigenvalue weighted by Crippen LogP contribution is -1.93. The van der Waals surface area contributed by atoms with Crippen molar-refractivity contribution >= 4 is 16.5 Å². The maximum atomic E-state index is 10.8. The molecule has 3 aromatic carbocycles. The van der Waals surface area contributed by atoms with Crippen molar-refractivity contribution in [2.75, 3.05) is 6.61 Å². The van der Waals surface area contributed by atoms with E-state index >= 15 is 0 Å². The highest BCUT2D eigenvalue weighted by atomic mass is 16.6. The number of nitro benzene ring substituents is 1. The Morgan fingerprint density at radius 1 is 1.04 bits per heavy atom. The standard InChI is InChI=1S/C21H17NO3/c23-22(24)15-7-5-13(6-8-15)18-12-20(18)19-11-14-3-1-2-4-16(14)21-17(19)9-10-25-21/h1-8,11,18,20H,9-10,12H2/t18-,20-/m1/s1. The molecule has 1 aliphatic carbocycles. The molecule has 0 bridgehead atoms. The quantitative estimate of drug-likeness (QED) is 0.504. The van der Waals surface area contributed by atoms with E-state index in [2.05, 4.69) is 30.3 Å². The van der Waals surface area contributed by atoms with Crippen molar-refractivity contribution in [2.45, 2.75) is 24.7 Å². The SMILES string of the molecule is O=[N+]([O-])c1ccc([C@H]2C[C@H]2c2cc3ccccc3c3c2CCO3)cc1. The average Bonchev–Trinajstić information content (AvgIpc) is 3.28. The van der Waals surface area contributed by atoms with E-state index in [0.29, 0.717) is 11.8 Å². The van der Waals surface area contributed by atoms with Gasteiger partial charge in [0, 0.05) is 29.5 Å². The molecule has 1 heterocycles. The first-order valence-electron chi connectivity index (χ1n) is 8.64. The second kappa shape index (κ2) is 5.31. The van der Waals surface area contributed by atoms with Gasteiger partial charge in [-0.05, 0) is 34.8 Å². The van der Waals surface area contributed by atoms with Crippen LogP contribution < -0.4 is 4.74 Å². The molecule has 0 unspecified atom stereocenters. The smallest absolute Gasteiger partial charge is 0.269 e. The third-order valence-electron chi connectivity index (χ3n) is 5.46. The molecule has 2 atom stereocenters. The molecule has 0 amide bonds. The van der Waals surface area contributed by atoms with Gasteiger partial charge < -0.3 is 4.74 Å². The third-order valence-corrected chi connectivity index (χ3v) is 5.46. The molecular formula is C21H17NO3. The van der Waals surface area contributed by atoms with Crippen LogP contribution in [0.25, 0.3) is 10.8 Å². The fourth-order valence-electron chi connectivity index (χ4n) is 4.14. The van der Waals surface area contributed by atoms with Gasteiger partial charge in [0.15, 0.2) is 0 Å². The lowest BCUT2D eigenvalue weighted by Gasteiger charge is -2.11. The number of hydrogen-bond acceptors (Lipinski definition) is 3. The lowest BCUT2D eigenvalue weighted by molar-refractivity contribution is -0.384. The first kappa shape index (κ1) is 14.5. The molecule has 4 heteroatoms. The molecule has 3 aromatic rings. The molecule has 0 aromatic heterocycles. The molecular weight excluding hydrogens is 314 g/mol. The van der Waals surface area contributed by atoms with Crippen LogP contribution in [0, 0.1) is 10.1 Å². The topological polar surface area (TPSA) is 52.4 Å². The van der Waals surface area contributed by atoms with Crippen molar-refractivity contribution in [1.82, 2.24) is 0 Å². The maximum Gasteiger partial charge on any atom is 0.269 e. The predicted molar refractivity (Wildman–Crippen MR) is 96.3 cm³/mol. The zero-order chi connectivity index (χ0) is 17.0. The van der Waals surface area contributed by atoms with E-state index in [1.807, 2.05) is 12.1 Å². The summed E-state index contributed by atoms with van der Waals surface area (Å²) in [6.07, 6.45) is 2.07. The highest BCUT2D eigenvalue weighted by Crippen LogP contribution is 2.57. The van der Waals surface area contributed by atoms with Crippen molar-refractivity contribution in [3.63, 3.8) is 0 Å². The van der Waals surface area contributed by atoms with Crippen molar-refractivity contribution < 1.29 is 9.66 Å². The van der Waals surface area contributed by atoms with Crippen LogP contribution in [0.3, 0.4) is 0 Å². The third kappa shape index (κ3) is 2.29. The fraction of sp³-hybridized carbons (Fsp3) is 0.238. The van der Waals surface area contributed by atoms with Crippen LogP contribution in [-0.4, -0.2) is 11.5 Å². The normalized spacial score (nSPS) is 21.0. The minimum Gasteiger partial charge on any atom is -0.492 e. The summed E-state index contributed by atoms with van der Waals surface area (Å²) >= 11 is 0. The van der Waals surface area contributed by atoms with Crippen LogP contribution in [0.1, 0.15) is 34.9 Å². The summed E-state index contributed by atoms with van der Waals surface area (Å²) in [7, 11) is 0. The molecule has 0 saturated heterocycles. The van der Waals surface area contributed by atoms with Gasteiger partial charge in [-0.25, -0.2) is 0 Å². The van der Waals surface area contributed by atoms with Crippen molar-refractivity contribution in [1.29, 1.82) is 0 Å². The Morgan fingerprint density at radius 2 is 1.84 bits per heavy atom. The minimum atomic E-state index is -0.346. The van der Waals surface area contributed by atoms with Crippen molar-refractivity contribution in [3.05, 3.63) is 81.4 Å². The zero-order valence-corrected chi connectivity index (χ0v) is 13.6. The number of rotatable bonds is 3. The monoisotopic (exact) mass is 331 g/mol. The lowest BCUT2D eigenvalue weighted by atomic mass is 9.94. The summed E-state index contributed by atoms with van der Waals surface area (Å²) in [6.45, 7) is 0.755. The average molecular weight is 331 g/mol. The molecule has 2 aliphatic rings. The van der Waals surface area contributed by atoms with Crippen LogP contribution in [0.4, 0.5) is 5.69 Å². The largest absolute Gasteiger partial charge is 0.492 e. The van der Waals surface area contributed by atoms with Crippen LogP contribution >= 0.6 is 0 Å². The molecule has 0 radical (unpaired) electrons. The van der Waals surface area contributed by atoms with Crippen molar-refractivity contribution in [3.8, 4) is 5.75 Å². The van der Waals surface area contributed by atoms with Crippen LogP contribution in [0.15, 0.2) is 54.6 Å². The van der Waals surface area contributed by atoms with Gasteiger partial charge in [0.25, 0.3) is 5.69 Å². The molecule has 4 nitrogen and oxygen atoms in total. The summed E-state index contributed by atoms with van der Waals surface area (Å²) in [4.78, 5) is 10.5. The summed E-state index contributed by atoms with van der Waals surface area (Å²) in [6, 6.07) is 17.7. The number of fused-ring (bicyclic) bond motifs is 3. The molecule has 1 fully saturated rings. The number of benzene rings is 3. The van der Waals surface area contributed by atoms with E-state index in [-0.39, 0.29) is 10.6 Å². The Hall–Kier alpha value is -2.88. The molecule has 0 N–H and O–H groups in total. The Kier molecular flexibility index (Phi) is 3.07. The van der Waals surface area contributed by atoms with Gasteiger partial charge in [0.2, 0.25) is 0 Å². The predicted octanol–water partition coefficient (Wildman–Crippen LogP) is 4.95. The Balaban J connectivity index is 1.52. The highest BCUT2D eigenvalue weighted by molar-refractivity contribution is 5.91. The first-order valence-corrected chi connectivity index (χ1v) is 8.64. The van der Waals surface area contributed by atoms with Crippen LogP contribution in [0.2, 0.25) is 0 Å². The number of hydrogen-bond donors (Lipinski definition) is 0. The summed E-state index contributed by atoms with van der Waals surface area (Å²) in [5, 5.41) is 13.3. The Labute approximate surface area is 145 Å². The maximum absolute atomic E-state index is 10.8. The van der Waals surface area contributed by atoms with Gasteiger partial charge in [-0.3, -0.25) is 10.1 Å². The number of ether oxygens (including phenoxy) is 1. The minimum absolute atomic E-state index is 0.154. The zero-order valence-electron chi connectivity index (χ0n) is 13.6. The van der Waals surface area contributed by atoms with E-state index in [0.717, 1.165) is 25.2 Å². The van der Waals surface area contributed by atoms with E-state index < -0.39 is 0 Å². The molecule has 5 rings (SSSR count). The van der Waals surface area contributed by atoms with E-state index in [1.54, 1.807) is 12.1 Å². The van der Waals surface area contributed by atoms with Gasteiger partial charge in [-0.2, -0.15) is 0 Å². The number of nitro groups is 1. The van der Waals surface area contributed by atoms with E-state index in [4.69, 9.17) is 4.74 Å². The molecule has 124 valence electrons. The number of nitrogens with zero attached hydrogens (tertiary/aromatic N) is 1.